The van der Waals surface area contributed by atoms with Gasteiger partial charge in [-0.25, -0.2) is 4.98 Å². The number of aromatic nitrogens is 4. The van der Waals surface area contributed by atoms with Crippen LogP contribution in [0.15, 0.2) is 267 Å². The molecule has 0 aliphatic rings. The summed E-state index contributed by atoms with van der Waals surface area (Å²) in [6.45, 7) is 0. The number of nitrogens with zero attached hydrogens (tertiary/aromatic N) is 4. The van der Waals surface area contributed by atoms with Gasteiger partial charge in [-0.05, 0) is 92.5 Å². The summed E-state index contributed by atoms with van der Waals surface area (Å²) in [6, 6.07) is 98.3. The Bertz CT molecular complexity index is 3960. The molecular weight excluding hydrogens is 865 g/mol. The lowest BCUT2D eigenvalue weighted by molar-refractivity contribution is 1.01. The van der Waals surface area contributed by atoms with Crippen LogP contribution in [0.4, 0.5) is 0 Å². The standard InChI is InChI=1S/C65H44N4Si/c1-3-21-48(22-4-1)70(49-23-5-2-6-24-49,51-25-19-20-47(44-51)67-58-32-13-7-26-52(58)53-27-8-14-33-59(53)67)50-40-38-45(39-41-50)46-42-64(68-60-34-15-9-28-54(60)55-29-10-16-35-61(55)68)66-65(43-46)69-62-36-17-11-30-56(62)57-31-12-18-37-63(57)69/h1-44H. The van der Waals surface area contributed by atoms with Crippen LogP contribution in [-0.2, 0) is 0 Å². The topological polar surface area (TPSA) is 27.7 Å². The molecule has 328 valence electrons. The predicted molar refractivity (Wildman–Crippen MR) is 296 cm³/mol. The summed E-state index contributed by atoms with van der Waals surface area (Å²) >= 11 is 0. The first-order valence-corrected chi connectivity index (χ1v) is 26.0. The molecule has 0 aliphatic carbocycles. The summed E-state index contributed by atoms with van der Waals surface area (Å²) in [4.78, 5) is 5.62. The highest BCUT2D eigenvalue weighted by Gasteiger charge is 2.41. The Morgan fingerprint density at radius 3 is 0.971 bits per heavy atom. The van der Waals surface area contributed by atoms with Crippen LogP contribution in [0.3, 0.4) is 0 Å². The van der Waals surface area contributed by atoms with Crippen molar-refractivity contribution in [3.63, 3.8) is 0 Å². The number of hydrogen-bond acceptors (Lipinski definition) is 1. The second-order valence-corrected chi connectivity index (χ2v) is 22.1. The molecule has 0 unspecified atom stereocenters. The zero-order valence-corrected chi connectivity index (χ0v) is 39.2. The van der Waals surface area contributed by atoms with E-state index in [1.807, 2.05) is 0 Å². The van der Waals surface area contributed by atoms with Crippen LogP contribution >= 0.6 is 0 Å². The molecule has 0 atom stereocenters. The summed E-state index contributed by atoms with van der Waals surface area (Å²) in [6.07, 6.45) is 0. The molecule has 10 aromatic carbocycles. The quantitative estimate of drug-likeness (QED) is 0.110. The van der Waals surface area contributed by atoms with Crippen molar-refractivity contribution in [2.45, 2.75) is 0 Å². The fourth-order valence-corrected chi connectivity index (χ4v) is 16.4. The third-order valence-corrected chi connectivity index (χ3v) is 19.4. The van der Waals surface area contributed by atoms with Gasteiger partial charge in [-0.15, -0.1) is 0 Å². The van der Waals surface area contributed by atoms with Gasteiger partial charge in [0.1, 0.15) is 11.6 Å². The minimum atomic E-state index is -2.97. The van der Waals surface area contributed by atoms with E-state index in [0.29, 0.717) is 0 Å². The van der Waals surface area contributed by atoms with Gasteiger partial charge >= 0.3 is 0 Å². The van der Waals surface area contributed by atoms with Crippen LogP contribution in [0.25, 0.3) is 93.9 Å². The molecule has 0 saturated heterocycles. The fraction of sp³-hybridized carbons (Fsp3) is 0. The largest absolute Gasteiger partial charge is 0.309 e. The molecule has 0 amide bonds. The lowest BCUT2D eigenvalue weighted by Gasteiger charge is -2.35. The molecule has 70 heavy (non-hydrogen) atoms. The first-order chi connectivity index (χ1) is 34.7. The Morgan fingerprint density at radius 1 is 0.243 bits per heavy atom. The van der Waals surface area contributed by atoms with Crippen LogP contribution in [0.1, 0.15) is 0 Å². The first kappa shape index (κ1) is 40.1. The average molecular weight is 909 g/mol. The summed E-state index contributed by atoms with van der Waals surface area (Å²) in [5.41, 5.74) is 10.3. The lowest BCUT2D eigenvalue weighted by atomic mass is 10.1. The Morgan fingerprint density at radius 2 is 0.571 bits per heavy atom. The van der Waals surface area contributed by atoms with E-state index in [9.17, 15) is 0 Å². The average Bonchev–Trinajstić information content (AvgIpc) is 4.08. The maximum atomic E-state index is 5.62. The molecule has 0 saturated carbocycles. The van der Waals surface area contributed by atoms with Gasteiger partial charge in [0.2, 0.25) is 0 Å². The van der Waals surface area contributed by atoms with Gasteiger partial charge < -0.3 is 4.57 Å². The van der Waals surface area contributed by atoms with Crippen molar-refractivity contribution in [3.05, 3.63) is 267 Å². The molecule has 0 fully saturated rings. The molecule has 4 aromatic heterocycles. The number of fused-ring (bicyclic) bond motifs is 9. The van der Waals surface area contributed by atoms with Crippen molar-refractivity contribution in [1.29, 1.82) is 0 Å². The first-order valence-electron chi connectivity index (χ1n) is 24.0. The van der Waals surface area contributed by atoms with Gasteiger partial charge in [0.15, 0.2) is 8.07 Å². The third-order valence-electron chi connectivity index (χ3n) is 14.6. The maximum absolute atomic E-state index is 5.62. The van der Waals surface area contributed by atoms with E-state index in [-0.39, 0.29) is 0 Å². The number of pyridine rings is 1. The SMILES string of the molecule is c1ccc([Si](c2ccccc2)(c2ccc(-c3cc(-n4c5ccccc5c5ccccc54)nc(-n4c5ccccc5c5ccccc54)c3)cc2)c2cccc(-n3c4ccccc4c4ccccc43)c2)cc1. The second-order valence-electron chi connectivity index (χ2n) is 18.3. The normalized spacial score (nSPS) is 12.0. The Balaban J connectivity index is 1.00. The van der Waals surface area contributed by atoms with Crippen molar-refractivity contribution in [2.75, 3.05) is 0 Å². The maximum Gasteiger partial charge on any atom is 0.179 e. The van der Waals surface area contributed by atoms with Crippen LogP contribution in [0.2, 0.25) is 0 Å². The Hall–Kier alpha value is -9.03. The monoisotopic (exact) mass is 908 g/mol. The molecule has 0 spiro atoms. The van der Waals surface area contributed by atoms with E-state index in [4.69, 9.17) is 4.98 Å². The molecule has 5 heteroatoms. The van der Waals surface area contributed by atoms with Crippen LogP contribution in [0, 0.1) is 0 Å². The molecular formula is C65H44N4Si. The van der Waals surface area contributed by atoms with Gasteiger partial charge in [-0.1, -0.05) is 206 Å². The number of benzene rings is 10. The van der Waals surface area contributed by atoms with E-state index >= 15 is 0 Å². The van der Waals surface area contributed by atoms with Gasteiger partial charge in [0.05, 0.1) is 33.1 Å². The molecule has 0 radical (unpaired) electrons. The molecule has 0 bridgehead atoms. The van der Waals surface area contributed by atoms with Gasteiger partial charge in [0, 0.05) is 38.0 Å². The Labute approximate surface area is 406 Å². The van der Waals surface area contributed by atoms with Crippen LogP contribution in [-0.4, -0.2) is 26.8 Å². The van der Waals surface area contributed by atoms with E-state index in [2.05, 4.69) is 281 Å². The van der Waals surface area contributed by atoms with Gasteiger partial charge in [-0.2, -0.15) is 0 Å². The second kappa shape index (κ2) is 16.1. The van der Waals surface area contributed by atoms with Gasteiger partial charge in [0.25, 0.3) is 0 Å². The molecule has 14 rings (SSSR count). The molecule has 0 N–H and O–H groups in total. The number of hydrogen-bond donors (Lipinski definition) is 0. The smallest absolute Gasteiger partial charge is 0.179 e. The molecule has 4 heterocycles. The van der Waals surface area contributed by atoms with E-state index in [0.717, 1.165) is 50.5 Å². The Kier molecular flexibility index (Phi) is 9.19. The predicted octanol–water partition coefficient (Wildman–Crippen LogP) is 13.4. The summed E-state index contributed by atoms with van der Waals surface area (Å²) < 4.78 is 7.12. The van der Waals surface area contributed by atoms with Crippen molar-refractivity contribution in [2.24, 2.45) is 0 Å². The highest BCUT2D eigenvalue weighted by molar-refractivity contribution is 7.19. The van der Waals surface area contributed by atoms with E-state index in [1.165, 1.54) is 64.1 Å². The summed E-state index contributed by atoms with van der Waals surface area (Å²) in [5, 5.41) is 12.6. The summed E-state index contributed by atoms with van der Waals surface area (Å²) in [5.74, 6) is 1.74. The fourth-order valence-electron chi connectivity index (χ4n) is 11.6. The molecule has 4 nitrogen and oxygen atoms in total. The zero-order valence-electron chi connectivity index (χ0n) is 38.2. The van der Waals surface area contributed by atoms with Crippen LogP contribution in [0.5, 0.6) is 0 Å². The van der Waals surface area contributed by atoms with E-state index < -0.39 is 8.07 Å². The minimum Gasteiger partial charge on any atom is -0.309 e. The highest BCUT2D eigenvalue weighted by Crippen LogP contribution is 2.37. The number of para-hydroxylation sites is 6. The van der Waals surface area contributed by atoms with Crippen molar-refractivity contribution in [1.82, 2.24) is 18.7 Å². The number of rotatable bonds is 8. The van der Waals surface area contributed by atoms with Gasteiger partial charge in [-0.3, -0.25) is 9.13 Å². The van der Waals surface area contributed by atoms with Crippen LogP contribution < -0.4 is 20.7 Å². The lowest BCUT2D eigenvalue weighted by Crippen LogP contribution is -2.74. The van der Waals surface area contributed by atoms with E-state index in [1.54, 1.807) is 0 Å². The highest BCUT2D eigenvalue weighted by atomic mass is 28.3. The molecule has 0 aliphatic heterocycles. The summed E-state index contributed by atoms with van der Waals surface area (Å²) in [7, 11) is -2.97. The molecule has 14 aromatic rings. The minimum absolute atomic E-state index is 0.870. The third kappa shape index (κ3) is 6.05. The van der Waals surface area contributed by atoms with Crippen molar-refractivity contribution < 1.29 is 0 Å². The van der Waals surface area contributed by atoms with Crippen molar-refractivity contribution >= 4 is 94.2 Å². The van der Waals surface area contributed by atoms with Crippen molar-refractivity contribution in [3.8, 4) is 28.5 Å². The zero-order chi connectivity index (χ0) is 46.2.